The van der Waals surface area contributed by atoms with Crippen LogP contribution in [0.3, 0.4) is 0 Å². The van der Waals surface area contributed by atoms with Gasteiger partial charge in [0.25, 0.3) is 0 Å². The van der Waals surface area contributed by atoms with Crippen LogP contribution in [0, 0.1) is 11.8 Å². The van der Waals surface area contributed by atoms with Gasteiger partial charge in [-0.05, 0) is 49.5 Å². The van der Waals surface area contributed by atoms with E-state index in [2.05, 4.69) is 5.32 Å². The van der Waals surface area contributed by atoms with Crippen LogP contribution in [0.1, 0.15) is 67.3 Å². The number of ether oxygens (including phenoxy) is 1. The normalized spacial score (nSPS) is 24.2. The minimum Gasteiger partial charge on any atom is -0.462 e. The summed E-state index contributed by atoms with van der Waals surface area (Å²) in [6, 6.07) is 0. The third-order valence-electron chi connectivity index (χ3n) is 5.80. The molecule has 1 aliphatic heterocycles. The van der Waals surface area contributed by atoms with E-state index in [1.54, 1.807) is 6.92 Å². The highest BCUT2D eigenvalue weighted by atomic mass is 32.1. The number of amides is 3. The number of nitrogens with one attached hydrogen (secondary N) is 1. The first-order valence-corrected chi connectivity index (χ1v) is 10.8. The Morgan fingerprint density at radius 3 is 2.36 bits per heavy atom. The van der Waals surface area contributed by atoms with Gasteiger partial charge in [-0.15, -0.1) is 11.3 Å². The Labute approximate surface area is 167 Å². The molecular formula is C20H24N2O5S. The van der Waals surface area contributed by atoms with E-state index in [4.69, 9.17) is 4.74 Å². The Morgan fingerprint density at radius 1 is 1.14 bits per heavy atom. The van der Waals surface area contributed by atoms with Gasteiger partial charge >= 0.3 is 5.97 Å². The second kappa shape index (κ2) is 7.66. The van der Waals surface area contributed by atoms with Gasteiger partial charge in [0.15, 0.2) is 0 Å². The molecule has 2 saturated carbocycles. The van der Waals surface area contributed by atoms with E-state index in [0.29, 0.717) is 16.5 Å². The molecule has 2 aliphatic carbocycles. The monoisotopic (exact) mass is 404 g/mol. The number of carbonyl (C=O) groups excluding carboxylic acids is 4. The van der Waals surface area contributed by atoms with Crippen LogP contribution in [0.2, 0.25) is 0 Å². The summed E-state index contributed by atoms with van der Waals surface area (Å²) in [7, 11) is 0. The summed E-state index contributed by atoms with van der Waals surface area (Å²) >= 11 is 1.29. The van der Waals surface area contributed by atoms with Crippen LogP contribution in [-0.2, 0) is 19.1 Å². The number of carbonyl (C=O) groups is 4. The Morgan fingerprint density at radius 2 is 1.79 bits per heavy atom. The van der Waals surface area contributed by atoms with Crippen molar-refractivity contribution < 1.29 is 23.9 Å². The average molecular weight is 404 g/mol. The maximum atomic E-state index is 12.6. The number of anilines is 1. The van der Waals surface area contributed by atoms with Gasteiger partial charge in [0.1, 0.15) is 11.5 Å². The lowest BCUT2D eigenvalue weighted by molar-refractivity contribution is -0.142. The third-order valence-corrected chi connectivity index (χ3v) is 6.72. The molecule has 28 heavy (non-hydrogen) atoms. The number of fused-ring (bicyclic) bond motifs is 1. The summed E-state index contributed by atoms with van der Waals surface area (Å²) in [5.41, 5.74) is 1.33. The van der Waals surface area contributed by atoms with Crippen molar-refractivity contribution in [3.63, 3.8) is 0 Å². The number of hydrogen-bond donors (Lipinski definition) is 1. The van der Waals surface area contributed by atoms with Crippen molar-refractivity contribution >= 4 is 40.0 Å². The number of imide groups is 1. The van der Waals surface area contributed by atoms with Crippen LogP contribution >= 0.6 is 11.3 Å². The molecule has 2 heterocycles. The highest BCUT2D eigenvalue weighted by Gasteiger charge is 2.48. The molecule has 2 atom stereocenters. The number of rotatable bonds is 6. The van der Waals surface area contributed by atoms with Crippen LogP contribution in [0.4, 0.5) is 5.00 Å². The zero-order valence-electron chi connectivity index (χ0n) is 15.9. The molecule has 0 spiro atoms. The van der Waals surface area contributed by atoms with E-state index in [0.717, 1.165) is 49.0 Å². The molecule has 3 fully saturated rings. The fraction of sp³-hybridized carbons (Fsp3) is 0.600. The van der Waals surface area contributed by atoms with Crippen LogP contribution in [0.25, 0.3) is 0 Å². The van der Waals surface area contributed by atoms with Crippen molar-refractivity contribution in [1.29, 1.82) is 0 Å². The van der Waals surface area contributed by atoms with Gasteiger partial charge in [0.2, 0.25) is 17.7 Å². The fourth-order valence-electron chi connectivity index (χ4n) is 4.27. The lowest BCUT2D eigenvalue weighted by atomic mass is 9.81. The molecule has 3 aliphatic rings. The minimum atomic E-state index is -0.463. The van der Waals surface area contributed by atoms with Crippen LogP contribution in [0.5, 0.6) is 0 Å². The molecule has 0 bridgehead atoms. The lowest BCUT2D eigenvalue weighted by Gasteiger charge is -2.19. The lowest BCUT2D eigenvalue weighted by Crippen LogP contribution is -2.38. The maximum absolute atomic E-state index is 12.6. The second-order valence-corrected chi connectivity index (χ2v) is 8.58. The van der Waals surface area contributed by atoms with Crippen LogP contribution < -0.4 is 5.32 Å². The summed E-state index contributed by atoms with van der Waals surface area (Å²) in [4.78, 5) is 51.2. The van der Waals surface area contributed by atoms with Crippen molar-refractivity contribution in [1.82, 2.24) is 4.90 Å². The zero-order valence-corrected chi connectivity index (χ0v) is 16.7. The van der Waals surface area contributed by atoms with E-state index in [1.165, 1.54) is 11.3 Å². The van der Waals surface area contributed by atoms with E-state index >= 15 is 0 Å². The number of thiophene rings is 1. The summed E-state index contributed by atoms with van der Waals surface area (Å²) < 4.78 is 5.16. The zero-order chi connectivity index (χ0) is 19.8. The quantitative estimate of drug-likeness (QED) is 0.581. The minimum absolute atomic E-state index is 0.236. The largest absolute Gasteiger partial charge is 0.462 e. The van der Waals surface area contributed by atoms with Crippen molar-refractivity contribution in [3.05, 3.63) is 16.5 Å². The highest BCUT2D eigenvalue weighted by Crippen LogP contribution is 2.46. The van der Waals surface area contributed by atoms with Crippen molar-refractivity contribution in [2.45, 2.75) is 51.4 Å². The molecule has 4 rings (SSSR count). The molecule has 2 unspecified atom stereocenters. The van der Waals surface area contributed by atoms with Gasteiger partial charge in [-0.25, -0.2) is 4.79 Å². The Hall–Kier alpha value is -2.22. The fourth-order valence-corrected chi connectivity index (χ4v) is 5.32. The van der Waals surface area contributed by atoms with Gasteiger partial charge in [-0.2, -0.15) is 0 Å². The third kappa shape index (κ3) is 3.45. The first kappa shape index (κ1) is 19.1. The van der Waals surface area contributed by atoms with Crippen molar-refractivity contribution in [2.75, 3.05) is 18.5 Å². The van der Waals surface area contributed by atoms with Crippen molar-refractivity contribution in [2.24, 2.45) is 11.8 Å². The number of esters is 1. The highest BCUT2D eigenvalue weighted by molar-refractivity contribution is 7.15. The van der Waals surface area contributed by atoms with E-state index < -0.39 is 11.9 Å². The van der Waals surface area contributed by atoms with Gasteiger partial charge in [0.05, 0.1) is 24.0 Å². The molecule has 0 radical (unpaired) electrons. The Balaban J connectivity index is 1.48. The average Bonchev–Trinajstić information content (AvgIpc) is 3.41. The summed E-state index contributed by atoms with van der Waals surface area (Å²) in [6.07, 6.45) is 5.38. The predicted octanol–water partition coefficient (Wildman–Crippen LogP) is 2.92. The Bertz CT molecular complexity index is 805. The number of hydrogen-bond acceptors (Lipinski definition) is 6. The molecule has 1 N–H and O–H groups in total. The molecule has 0 aromatic carbocycles. The molecule has 1 aromatic rings. The predicted molar refractivity (Wildman–Crippen MR) is 103 cm³/mol. The van der Waals surface area contributed by atoms with E-state index in [1.807, 2.05) is 5.38 Å². The van der Waals surface area contributed by atoms with Gasteiger partial charge in [0, 0.05) is 0 Å². The molecular weight excluding hydrogens is 380 g/mol. The molecule has 3 amide bonds. The smallest absolute Gasteiger partial charge is 0.341 e. The number of likely N-dealkylation sites (tertiary alicyclic amines) is 1. The summed E-state index contributed by atoms with van der Waals surface area (Å²) in [5, 5.41) is 5.06. The topological polar surface area (TPSA) is 92.8 Å². The Kier molecular flexibility index (Phi) is 5.23. The van der Waals surface area contributed by atoms with Crippen LogP contribution in [-0.4, -0.2) is 41.7 Å². The molecule has 150 valence electrons. The summed E-state index contributed by atoms with van der Waals surface area (Å²) in [5.74, 6) is -1.58. The van der Waals surface area contributed by atoms with Gasteiger partial charge in [-0.3, -0.25) is 19.3 Å². The van der Waals surface area contributed by atoms with E-state index in [9.17, 15) is 19.2 Å². The van der Waals surface area contributed by atoms with Crippen molar-refractivity contribution in [3.8, 4) is 0 Å². The van der Waals surface area contributed by atoms with Crippen LogP contribution in [0.15, 0.2) is 5.38 Å². The van der Waals surface area contributed by atoms with Gasteiger partial charge < -0.3 is 10.1 Å². The summed E-state index contributed by atoms with van der Waals surface area (Å²) in [6.45, 7) is 1.69. The van der Waals surface area contributed by atoms with E-state index in [-0.39, 0.29) is 36.8 Å². The molecule has 7 nitrogen and oxygen atoms in total. The first-order valence-electron chi connectivity index (χ1n) is 9.94. The standard InChI is InChI=1S/C20H24N2O5S/c1-2-27-20(26)16-14(11-7-8-11)10-28-17(16)21-15(23)9-22-18(24)12-5-3-4-6-13(12)19(22)25/h10-13H,2-9H2,1H3,(H,21,23). The maximum Gasteiger partial charge on any atom is 0.341 e. The second-order valence-electron chi connectivity index (χ2n) is 7.70. The molecule has 8 heteroatoms. The molecule has 1 saturated heterocycles. The number of nitrogens with zero attached hydrogens (tertiary/aromatic N) is 1. The first-order chi connectivity index (χ1) is 13.5. The molecule has 1 aromatic heterocycles. The SMILES string of the molecule is CCOC(=O)c1c(C2CC2)csc1NC(=O)CN1C(=O)C2CCCCC2C1=O. The van der Waals surface area contributed by atoms with Gasteiger partial charge in [-0.1, -0.05) is 12.8 Å².